The van der Waals surface area contributed by atoms with Crippen molar-refractivity contribution in [2.45, 2.75) is 26.0 Å². The maximum Gasteiger partial charge on any atom is 0.338 e. The summed E-state index contributed by atoms with van der Waals surface area (Å²) in [4.78, 5) is 32.1. The van der Waals surface area contributed by atoms with Gasteiger partial charge in [0, 0.05) is 10.6 Å². The molecule has 0 bridgehead atoms. The van der Waals surface area contributed by atoms with E-state index < -0.39 is 12.0 Å². The van der Waals surface area contributed by atoms with Gasteiger partial charge in [0.15, 0.2) is 4.80 Å². The first kappa shape index (κ1) is 29.0. The molecule has 0 spiro atoms. The molecule has 40 heavy (non-hydrogen) atoms. The number of hydrogen-bond acceptors (Lipinski definition) is 6. The Bertz CT molecular complexity index is 1790. The number of benzene rings is 3. The molecule has 0 unspecified atom stereocenters. The lowest BCUT2D eigenvalue weighted by atomic mass is 9.95. The van der Waals surface area contributed by atoms with Gasteiger partial charge in [0.25, 0.3) is 5.56 Å². The van der Waals surface area contributed by atoms with Gasteiger partial charge in [-0.1, -0.05) is 78.4 Å². The summed E-state index contributed by atoms with van der Waals surface area (Å²) in [6.07, 6.45) is 2.40. The molecule has 5 rings (SSSR count). The lowest BCUT2D eigenvalue weighted by Gasteiger charge is -2.25. The van der Waals surface area contributed by atoms with Gasteiger partial charge in [-0.15, -0.1) is 0 Å². The molecule has 6 nitrogen and oxygen atoms in total. The molecule has 0 fully saturated rings. The van der Waals surface area contributed by atoms with E-state index in [1.54, 1.807) is 4.57 Å². The first-order chi connectivity index (χ1) is 19.3. The van der Waals surface area contributed by atoms with Crippen LogP contribution in [0.25, 0.3) is 6.08 Å². The molecule has 204 valence electrons. The van der Waals surface area contributed by atoms with Crippen molar-refractivity contribution in [3.63, 3.8) is 0 Å². The molecule has 4 aromatic rings. The van der Waals surface area contributed by atoms with Gasteiger partial charge in [-0.25, -0.2) is 9.79 Å². The van der Waals surface area contributed by atoms with Crippen LogP contribution in [0.2, 0.25) is 5.02 Å². The molecular formula is C30H23ClI2N2O4S. The Kier molecular flexibility index (Phi) is 9.13. The van der Waals surface area contributed by atoms with E-state index in [-0.39, 0.29) is 5.56 Å². The van der Waals surface area contributed by atoms with Gasteiger partial charge in [-0.05, 0) is 87.0 Å². The molecular weight excluding hydrogens is 774 g/mol. The number of methoxy groups -OCH3 is 1. The Morgan fingerprint density at radius 1 is 1.10 bits per heavy atom. The Balaban J connectivity index is 1.57. The SMILES string of the molecule is CCC1=C(C(=O)OC)[C@H](c2ccccc2)n2c(s/c(=C\c3cc(I)c(OCc4ccccc4Cl)c(I)c3)c2=O)=N1. The molecule has 0 radical (unpaired) electrons. The molecule has 0 N–H and O–H groups in total. The number of nitrogens with zero attached hydrogens (tertiary/aromatic N) is 2. The lowest BCUT2D eigenvalue weighted by molar-refractivity contribution is -0.136. The van der Waals surface area contributed by atoms with Crippen LogP contribution in [0.15, 0.2) is 87.8 Å². The van der Waals surface area contributed by atoms with E-state index in [0.717, 1.165) is 29.6 Å². The topological polar surface area (TPSA) is 69.9 Å². The van der Waals surface area contributed by atoms with Gasteiger partial charge in [0.05, 0.1) is 36.1 Å². The minimum absolute atomic E-state index is 0.210. The molecule has 10 heteroatoms. The summed E-state index contributed by atoms with van der Waals surface area (Å²) in [5.74, 6) is 0.277. The second-order valence-corrected chi connectivity index (χ2v) is 12.6. The zero-order chi connectivity index (χ0) is 28.4. The fraction of sp³-hybridized carbons (Fsp3) is 0.167. The number of aromatic nitrogens is 1. The predicted octanol–water partition coefficient (Wildman–Crippen LogP) is 6.24. The van der Waals surface area contributed by atoms with E-state index in [0.29, 0.717) is 38.7 Å². The van der Waals surface area contributed by atoms with Crippen molar-refractivity contribution in [1.29, 1.82) is 0 Å². The summed E-state index contributed by atoms with van der Waals surface area (Å²) < 4.78 is 15.2. The van der Waals surface area contributed by atoms with Crippen molar-refractivity contribution in [2.24, 2.45) is 4.99 Å². The Labute approximate surface area is 267 Å². The molecule has 0 amide bonds. The first-order valence-electron chi connectivity index (χ1n) is 12.4. The zero-order valence-corrected chi connectivity index (χ0v) is 27.4. The number of hydrogen-bond donors (Lipinski definition) is 0. The number of carbonyl (C=O) groups excluding carboxylic acids is 1. The molecule has 1 aliphatic heterocycles. The molecule has 1 aromatic heterocycles. The van der Waals surface area contributed by atoms with E-state index in [2.05, 4.69) is 45.2 Å². The van der Waals surface area contributed by atoms with Crippen LogP contribution in [-0.4, -0.2) is 17.6 Å². The van der Waals surface area contributed by atoms with E-state index in [9.17, 15) is 9.59 Å². The average molecular weight is 797 g/mol. The highest BCUT2D eigenvalue weighted by Gasteiger charge is 2.33. The van der Waals surface area contributed by atoms with Crippen molar-refractivity contribution in [2.75, 3.05) is 7.11 Å². The fourth-order valence-electron chi connectivity index (χ4n) is 4.53. The Hall–Kier alpha value is -2.48. The van der Waals surface area contributed by atoms with Crippen LogP contribution in [0, 0.1) is 7.14 Å². The predicted molar refractivity (Wildman–Crippen MR) is 175 cm³/mol. The molecule has 1 aliphatic rings. The number of esters is 1. The second kappa shape index (κ2) is 12.6. The molecule has 1 atom stereocenters. The third-order valence-corrected chi connectivity index (χ3v) is 9.37. The van der Waals surface area contributed by atoms with Crippen LogP contribution in [0.4, 0.5) is 0 Å². The van der Waals surface area contributed by atoms with Gasteiger partial charge >= 0.3 is 5.97 Å². The number of rotatable bonds is 7. The lowest BCUT2D eigenvalue weighted by Crippen LogP contribution is -2.40. The summed E-state index contributed by atoms with van der Waals surface area (Å²) in [7, 11) is 1.35. The number of allylic oxidation sites excluding steroid dienone is 1. The van der Waals surface area contributed by atoms with Crippen LogP contribution in [0.5, 0.6) is 5.75 Å². The van der Waals surface area contributed by atoms with E-state index in [1.165, 1.54) is 18.4 Å². The Morgan fingerprint density at radius 3 is 2.42 bits per heavy atom. The zero-order valence-electron chi connectivity index (χ0n) is 21.5. The molecule has 2 heterocycles. The summed E-state index contributed by atoms with van der Waals surface area (Å²) in [6.45, 7) is 2.29. The van der Waals surface area contributed by atoms with Crippen molar-refractivity contribution >= 4 is 80.2 Å². The minimum atomic E-state index is -0.622. The number of carbonyl (C=O) groups is 1. The van der Waals surface area contributed by atoms with Crippen molar-refractivity contribution in [1.82, 2.24) is 4.57 Å². The van der Waals surface area contributed by atoms with Gasteiger partial charge < -0.3 is 9.47 Å². The summed E-state index contributed by atoms with van der Waals surface area (Å²) in [5, 5.41) is 0.662. The number of fused-ring (bicyclic) bond motifs is 1. The standard InChI is InChI=1S/C30H23ClI2N2O4S/c1-3-23-25(29(37)38-2)26(18-9-5-4-6-10-18)35-28(36)24(40-30(35)34-23)15-17-13-21(32)27(22(33)14-17)39-16-19-11-7-8-12-20(19)31/h4-15,26H,3,16H2,1-2H3/b24-15-/t26-/m0/s1. The molecule has 0 saturated heterocycles. The van der Waals surface area contributed by atoms with Crippen LogP contribution in [0.3, 0.4) is 0 Å². The van der Waals surface area contributed by atoms with Gasteiger partial charge in [0.2, 0.25) is 0 Å². The van der Waals surface area contributed by atoms with Crippen molar-refractivity contribution < 1.29 is 14.3 Å². The van der Waals surface area contributed by atoms with E-state index >= 15 is 0 Å². The number of ether oxygens (including phenoxy) is 2. The smallest absolute Gasteiger partial charge is 0.338 e. The summed E-state index contributed by atoms with van der Waals surface area (Å²) in [6, 6.07) is 20.5. The molecule has 3 aromatic carbocycles. The van der Waals surface area contributed by atoms with Crippen molar-refractivity contribution in [3.05, 3.63) is 127 Å². The normalized spacial score (nSPS) is 15.0. The van der Waals surface area contributed by atoms with Crippen molar-refractivity contribution in [3.8, 4) is 5.75 Å². The van der Waals surface area contributed by atoms with Gasteiger partial charge in [-0.2, -0.15) is 0 Å². The monoisotopic (exact) mass is 796 g/mol. The second-order valence-electron chi connectivity index (χ2n) is 8.89. The highest BCUT2D eigenvalue weighted by molar-refractivity contribution is 14.1. The summed E-state index contributed by atoms with van der Waals surface area (Å²) in [5.41, 5.74) is 3.39. The average Bonchev–Trinajstić information content (AvgIpc) is 3.26. The van der Waals surface area contributed by atoms with Crippen LogP contribution < -0.4 is 19.6 Å². The largest absolute Gasteiger partial charge is 0.487 e. The fourth-order valence-corrected chi connectivity index (χ4v) is 7.87. The third-order valence-electron chi connectivity index (χ3n) is 6.41. The maximum atomic E-state index is 13.8. The van der Waals surface area contributed by atoms with Crippen LogP contribution in [0.1, 0.15) is 36.1 Å². The first-order valence-corrected chi connectivity index (χ1v) is 15.7. The number of thiazole rings is 1. The van der Waals surface area contributed by atoms with E-state index in [1.807, 2.05) is 79.7 Å². The number of halogens is 3. The van der Waals surface area contributed by atoms with E-state index in [4.69, 9.17) is 26.1 Å². The van der Waals surface area contributed by atoms with Gasteiger partial charge in [-0.3, -0.25) is 9.36 Å². The van der Waals surface area contributed by atoms with Crippen LogP contribution in [-0.2, 0) is 16.1 Å². The highest BCUT2D eigenvalue weighted by atomic mass is 127. The maximum absolute atomic E-state index is 13.8. The molecule has 0 saturated carbocycles. The summed E-state index contributed by atoms with van der Waals surface area (Å²) >= 11 is 12.1. The molecule has 0 aliphatic carbocycles. The van der Waals surface area contributed by atoms with Gasteiger partial charge in [0.1, 0.15) is 12.4 Å². The van der Waals surface area contributed by atoms with Crippen LogP contribution >= 0.6 is 68.1 Å². The quantitative estimate of drug-likeness (QED) is 0.164. The Morgan fingerprint density at radius 2 is 1.77 bits per heavy atom. The third kappa shape index (κ3) is 5.79. The minimum Gasteiger partial charge on any atom is -0.487 e. The highest BCUT2D eigenvalue weighted by Crippen LogP contribution is 2.32.